The minimum atomic E-state index is -4.27. The van der Waals surface area contributed by atoms with E-state index in [1.165, 1.54) is 0 Å². The Labute approximate surface area is 90.0 Å². The number of nitrogens with one attached hydrogen (secondary N) is 1. The molecule has 1 saturated carbocycles. The van der Waals surface area contributed by atoms with Crippen LogP contribution in [0.4, 0.5) is 4.39 Å². The van der Waals surface area contributed by atoms with Crippen molar-refractivity contribution in [2.24, 2.45) is 5.92 Å². The normalized spacial score (nSPS) is 22.9. The first-order valence-electron chi connectivity index (χ1n) is 5.18. The first kappa shape index (κ1) is 12.9. The van der Waals surface area contributed by atoms with E-state index in [9.17, 15) is 12.8 Å². The molecule has 0 radical (unpaired) electrons. The van der Waals surface area contributed by atoms with Crippen LogP contribution in [0.3, 0.4) is 0 Å². The van der Waals surface area contributed by atoms with E-state index < -0.39 is 21.7 Å². The molecule has 2 N–H and O–H groups in total. The number of alkyl halides is 1. The molecule has 1 rings (SSSR count). The van der Waals surface area contributed by atoms with Crippen LogP contribution in [0.2, 0.25) is 0 Å². The fraction of sp³-hybridized carbons (Fsp3) is 1.00. The summed E-state index contributed by atoms with van der Waals surface area (Å²) in [6, 6.07) is 0. The molecule has 1 aliphatic rings. The van der Waals surface area contributed by atoms with Crippen molar-refractivity contribution in [3.63, 3.8) is 0 Å². The van der Waals surface area contributed by atoms with Crippen LogP contribution in [0.25, 0.3) is 0 Å². The first-order chi connectivity index (χ1) is 6.79. The van der Waals surface area contributed by atoms with Crippen LogP contribution in [-0.4, -0.2) is 31.1 Å². The van der Waals surface area contributed by atoms with Gasteiger partial charge in [0, 0.05) is 6.54 Å². The maximum absolute atomic E-state index is 13.6. The Morgan fingerprint density at radius 1 is 1.47 bits per heavy atom. The molecular formula is C9H18FNO3S. The Kier molecular flexibility index (Phi) is 4.08. The quantitative estimate of drug-likeness (QED) is 0.561. The summed E-state index contributed by atoms with van der Waals surface area (Å²) in [5.41, 5.74) is 0. The molecule has 1 atom stereocenters. The lowest BCUT2D eigenvalue weighted by Gasteiger charge is -2.22. The predicted octanol–water partition coefficient (Wildman–Crippen LogP) is 1.34. The lowest BCUT2D eigenvalue weighted by Crippen LogP contribution is -2.45. The number of halogens is 1. The standard InChI is InChI=1S/C9H18FNO3S/c1-9(10,7-15(12,13)14)11-6-8-4-2-3-5-8/h8,11H,2-7H2,1H3,(H,12,13,14)/t9-/m0/s1. The third-order valence-electron chi connectivity index (χ3n) is 2.69. The van der Waals surface area contributed by atoms with Crippen LogP contribution in [0, 0.1) is 5.92 Å². The van der Waals surface area contributed by atoms with Crippen LogP contribution in [0.5, 0.6) is 0 Å². The van der Waals surface area contributed by atoms with Gasteiger partial charge in [0.15, 0.2) is 5.79 Å². The van der Waals surface area contributed by atoms with Crippen LogP contribution >= 0.6 is 0 Å². The smallest absolute Gasteiger partial charge is 0.269 e. The molecule has 0 bridgehead atoms. The van der Waals surface area contributed by atoms with E-state index in [1.54, 1.807) is 0 Å². The molecule has 4 nitrogen and oxygen atoms in total. The van der Waals surface area contributed by atoms with E-state index in [4.69, 9.17) is 4.55 Å². The van der Waals surface area contributed by atoms with Gasteiger partial charge in [-0.05, 0) is 25.7 Å². The molecule has 0 heterocycles. The minimum Gasteiger partial charge on any atom is -0.285 e. The number of hydrogen-bond donors (Lipinski definition) is 2. The topological polar surface area (TPSA) is 66.4 Å². The van der Waals surface area contributed by atoms with Gasteiger partial charge in [0.1, 0.15) is 5.75 Å². The molecule has 0 saturated heterocycles. The molecule has 0 amide bonds. The molecule has 0 aliphatic heterocycles. The van der Waals surface area contributed by atoms with Crippen molar-refractivity contribution in [1.82, 2.24) is 5.32 Å². The second kappa shape index (κ2) is 4.76. The molecule has 90 valence electrons. The Morgan fingerprint density at radius 2 is 2.00 bits per heavy atom. The number of rotatable bonds is 5. The maximum atomic E-state index is 13.6. The fourth-order valence-electron chi connectivity index (χ4n) is 1.97. The Hall–Kier alpha value is -0.200. The summed E-state index contributed by atoms with van der Waals surface area (Å²) in [5.74, 6) is -2.51. The maximum Gasteiger partial charge on any atom is 0.269 e. The molecule has 6 heteroatoms. The van der Waals surface area contributed by atoms with Gasteiger partial charge in [-0.25, -0.2) is 4.39 Å². The average molecular weight is 239 g/mol. The molecular weight excluding hydrogens is 221 g/mol. The summed E-state index contributed by atoms with van der Waals surface area (Å²) < 4.78 is 43.2. The van der Waals surface area contributed by atoms with Crippen molar-refractivity contribution in [2.75, 3.05) is 12.3 Å². The Bertz CT molecular complexity index is 296. The van der Waals surface area contributed by atoms with Crippen molar-refractivity contribution in [3.05, 3.63) is 0 Å². The highest BCUT2D eigenvalue weighted by Gasteiger charge is 2.30. The third-order valence-corrected chi connectivity index (χ3v) is 3.59. The van der Waals surface area contributed by atoms with Crippen LogP contribution in [-0.2, 0) is 10.1 Å². The molecule has 1 aliphatic carbocycles. The summed E-state index contributed by atoms with van der Waals surface area (Å²) in [7, 11) is -4.27. The van der Waals surface area contributed by atoms with Crippen molar-refractivity contribution < 1.29 is 17.4 Å². The van der Waals surface area contributed by atoms with E-state index in [-0.39, 0.29) is 0 Å². The largest absolute Gasteiger partial charge is 0.285 e. The molecule has 0 unspecified atom stereocenters. The van der Waals surface area contributed by atoms with E-state index in [0.717, 1.165) is 32.6 Å². The van der Waals surface area contributed by atoms with Crippen molar-refractivity contribution in [2.45, 2.75) is 38.4 Å². The molecule has 0 aromatic heterocycles. The third kappa shape index (κ3) is 5.44. The monoisotopic (exact) mass is 239 g/mol. The molecule has 0 spiro atoms. The van der Waals surface area contributed by atoms with Gasteiger partial charge in [-0.15, -0.1) is 0 Å². The van der Waals surface area contributed by atoms with Gasteiger partial charge < -0.3 is 0 Å². The Balaban J connectivity index is 2.35. The van der Waals surface area contributed by atoms with Crippen molar-refractivity contribution >= 4 is 10.1 Å². The lowest BCUT2D eigenvalue weighted by atomic mass is 10.1. The first-order valence-corrected chi connectivity index (χ1v) is 6.78. The van der Waals surface area contributed by atoms with E-state index in [2.05, 4.69) is 5.32 Å². The summed E-state index contributed by atoms with van der Waals surface area (Å²) in [5, 5.41) is 2.55. The molecule has 0 aromatic carbocycles. The van der Waals surface area contributed by atoms with Crippen LogP contribution in [0.15, 0.2) is 0 Å². The zero-order chi connectivity index (χ0) is 11.5. The van der Waals surface area contributed by atoms with E-state index in [0.29, 0.717) is 12.5 Å². The zero-order valence-electron chi connectivity index (χ0n) is 8.87. The molecule has 15 heavy (non-hydrogen) atoms. The summed E-state index contributed by atoms with van der Waals surface area (Å²) in [6.45, 7) is 1.61. The SMILES string of the molecule is C[C@@](F)(CS(=O)(=O)O)NCC1CCCC1. The summed E-state index contributed by atoms with van der Waals surface area (Å²) >= 11 is 0. The molecule has 0 aromatic rings. The van der Waals surface area contributed by atoms with Crippen LogP contribution in [0.1, 0.15) is 32.6 Å². The average Bonchev–Trinajstić information content (AvgIpc) is 2.47. The lowest BCUT2D eigenvalue weighted by molar-refractivity contribution is 0.156. The van der Waals surface area contributed by atoms with Gasteiger partial charge >= 0.3 is 0 Å². The van der Waals surface area contributed by atoms with Gasteiger partial charge in [-0.2, -0.15) is 8.42 Å². The highest BCUT2D eigenvalue weighted by Crippen LogP contribution is 2.24. The molecule has 1 fully saturated rings. The van der Waals surface area contributed by atoms with Gasteiger partial charge in [-0.1, -0.05) is 12.8 Å². The van der Waals surface area contributed by atoms with Gasteiger partial charge in [0.2, 0.25) is 0 Å². The summed E-state index contributed by atoms with van der Waals surface area (Å²) in [6.07, 6.45) is 4.45. The van der Waals surface area contributed by atoms with Gasteiger partial charge in [0.05, 0.1) is 0 Å². The van der Waals surface area contributed by atoms with Crippen molar-refractivity contribution in [3.8, 4) is 0 Å². The van der Waals surface area contributed by atoms with Crippen molar-refractivity contribution in [1.29, 1.82) is 0 Å². The second-order valence-corrected chi connectivity index (χ2v) is 5.91. The second-order valence-electron chi connectivity index (χ2n) is 4.46. The van der Waals surface area contributed by atoms with Gasteiger partial charge in [-0.3, -0.25) is 9.87 Å². The fourth-order valence-corrected chi connectivity index (χ4v) is 2.75. The Morgan fingerprint density at radius 3 is 2.47 bits per heavy atom. The zero-order valence-corrected chi connectivity index (χ0v) is 9.69. The van der Waals surface area contributed by atoms with Gasteiger partial charge in [0.25, 0.3) is 10.1 Å². The highest BCUT2D eigenvalue weighted by atomic mass is 32.2. The highest BCUT2D eigenvalue weighted by molar-refractivity contribution is 7.85. The minimum absolute atomic E-state index is 0.432. The van der Waals surface area contributed by atoms with E-state index >= 15 is 0 Å². The predicted molar refractivity (Wildman–Crippen MR) is 55.9 cm³/mol. The van der Waals surface area contributed by atoms with Crippen LogP contribution < -0.4 is 5.32 Å². The summed E-state index contributed by atoms with van der Waals surface area (Å²) in [4.78, 5) is 0. The number of hydrogen-bond acceptors (Lipinski definition) is 3. The van der Waals surface area contributed by atoms with E-state index in [1.807, 2.05) is 0 Å².